The quantitative estimate of drug-likeness (QED) is 0.662. The number of nitrogens with one attached hydrogen (secondary N) is 1. The molecule has 7 rings (SSSR count). The molecule has 5 nitrogen and oxygen atoms in total. The minimum absolute atomic E-state index is 0.0669. The Kier molecular flexibility index (Phi) is 3.91. The zero-order valence-corrected chi connectivity index (χ0v) is 17.1. The lowest BCUT2D eigenvalue weighted by Crippen LogP contribution is -2.49. The van der Waals surface area contributed by atoms with Crippen LogP contribution in [0.25, 0.3) is 5.69 Å². The molecule has 0 radical (unpaired) electrons. The van der Waals surface area contributed by atoms with Gasteiger partial charge in [-0.25, -0.2) is 4.68 Å². The second-order valence-corrected chi connectivity index (χ2v) is 10.2. The summed E-state index contributed by atoms with van der Waals surface area (Å²) in [5, 5.41) is 13.6. The van der Waals surface area contributed by atoms with Crippen LogP contribution in [0.1, 0.15) is 53.9 Å². The fourth-order valence-corrected chi connectivity index (χ4v) is 7.12. The molecule has 29 heavy (non-hydrogen) atoms. The molecule has 4 fully saturated rings. The summed E-state index contributed by atoms with van der Waals surface area (Å²) >= 11 is 1.45. The van der Waals surface area contributed by atoms with Crippen molar-refractivity contribution in [3.8, 4) is 5.69 Å². The van der Waals surface area contributed by atoms with Gasteiger partial charge < -0.3 is 5.32 Å². The highest BCUT2D eigenvalue weighted by Crippen LogP contribution is 2.60. The van der Waals surface area contributed by atoms with Crippen LogP contribution in [-0.2, 0) is 5.41 Å². The summed E-state index contributed by atoms with van der Waals surface area (Å²) in [5.41, 5.74) is 3.35. The maximum absolute atomic E-state index is 12.3. The number of aromatic nitrogens is 3. The molecule has 1 N–H and O–H groups in total. The van der Waals surface area contributed by atoms with Gasteiger partial charge in [-0.15, -0.1) is 16.4 Å². The van der Waals surface area contributed by atoms with Crippen molar-refractivity contribution in [2.24, 2.45) is 17.8 Å². The number of carbonyl (C=O) groups is 1. The molecule has 2 heterocycles. The summed E-state index contributed by atoms with van der Waals surface area (Å²) in [4.78, 5) is 13.0. The molecule has 0 spiro atoms. The summed E-state index contributed by atoms with van der Waals surface area (Å²) in [6, 6.07) is 11.7. The lowest BCUT2D eigenvalue weighted by atomic mass is 9.49. The summed E-state index contributed by atoms with van der Waals surface area (Å²) in [6.07, 6.45) is 10.2. The predicted molar refractivity (Wildman–Crippen MR) is 113 cm³/mol. The molecule has 3 aromatic rings. The lowest BCUT2D eigenvalue weighted by Gasteiger charge is -2.56. The van der Waals surface area contributed by atoms with Gasteiger partial charge in [0.05, 0.1) is 22.5 Å². The van der Waals surface area contributed by atoms with Crippen LogP contribution in [0.2, 0.25) is 0 Å². The second-order valence-electron chi connectivity index (χ2n) is 9.21. The highest BCUT2D eigenvalue weighted by molar-refractivity contribution is 7.12. The molecule has 4 saturated carbocycles. The van der Waals surface area contributed by atoms with Crippen LogP contribution in [0.15, 0.2) is 48.0 Å². The number of carbonyl (C=O) groups excluding carboxylic acids is 1. The van der Waals surface area contributed by atoms with E-state index >= 15 is 0 Å². The molecular weight excluding hydrogens is 380 g/mol. The first-order chi connectivity index (χ1) is 14.2. The Morgan fingerprint density at radius 2 is 1.72 bits per heavy atom. The topological polar surface area (TPSA) is 59.8 Å². The molecule has 0 atom stereocenters. The van der Waals surface area contributed by atoms with Gasteiger partial charge in [-0.2, -0.15) is 0 Å². The standard InChI is InChI=1S/C23H24N4OS/c28-22(20-2-1-7-29-20)25-18-3-5-19(6-4-18)27-21(14-24-26-27)23-11-15-8-16(12-23)10-17(9-15)13-23/h1-7,14-17H,8-13H2,(H,25,28). The Labute approximate surface area is 174 Å². The van der Waals surface area contributed by atoms with Crippen LogP contribution in [0.4, 0.5) is 5.69 Å². The molecule has 1 amide bonds. The van der Waals surface area contributed by atoms with E-state index in [0.717, 1.165) is 34.0 Å². The van der Waals surface area contributed by atoms with Gasteiger partial charge in [0.15, 0.2) is 0 Å². The van der Waals surface area contributed by atoms with E-state index in [9.17, 15) is 4.79 Å². The largest absolute Gasteiger partial charge is 0.321 e. The van der Waals surface area contributed by atoms with Crippen LogP contribution < -0.4 is 5.32 Å². The van der Waals surface area contributed by atoms with Crippen LogP contribution in [0, 0.1) is 17.8 Å². The number of rotatable bonds is 4. The van der Waals surface area contributed by atoms with Crippen molar-refractivity contribution in [1.29, 1.82) is 0 Å². The van der Waals surface area contributed by atoms with E-state index in [1.54, 1.807) is 0 Å². The Morgan fingerprint density at radius 3 is 2.34 bits per heavy atom. The van der Waals surface area contributed by atoms with Crippen molar-refractivity contribution >= 4 is 22.9 Å². The fraction of sp³-hybridized carbons (Fsp3) is 0.435. The van der Waals surface area contributed by atoms with Crippen LogP contribution in [0.3, 0.4) is 0 Å². The van der Waals surface area contributed by atoms with Crippen molar-refractivity contribution in [3.05, 3.63) is 58.5 Å². The van der Waals surface area contributed by atoms with Gasteiger partial charge in [0.1, 0.15) is 0 Å². The number of hydrogen-bond acceptors (Lipinski definition) is 4. The summed E-state index contributed by atoms with van der Waals surface area (Å²) in [7, 11) is 0. The molecule has 1 aromatic carbocycles. The number of amides is 1. The van der Waals surface area contributed by atoms with E-state index in [4.69, 9.17) is 0 Å². The first kappa shape index (κ1) is 17.4. The Morgan fingerprint density at radius 1 is 1.03 bits per heavy atom. The SMILES string of the molecule is O=C(Nc1ccc(-n2nncc2C23CC4CC(CC(C4)C2)C3)cc1)c1cccs1. The third kappa shape index (κ3) is 2.92. The number of hydrogen-bond donors (Lipinski definition) is 1. The first-order valence-electron chi connectivity index (χ1n) is 10.5. The molecule has 2 aromatic heterocycles. The molecule has 4 aliphatic rings. The zero-order valence-electron chi connectivity index (χ0n) is 16.3. The molecular formula is C23H24N4OS. The number of thiophene rings is 1. The van der Waals surface area contributed by atoms with Gasteiger partial charge in [0.2, 0.25) is 0 Å². The number of anilines is 1. The van der Waals surface area contributed by atoms with E-state index in [0.29, 0.717) is 0 Å². The fourth-order valence-electron chi connectivity index (χ4n) is 6.50. The van der Waals surface area contributed by atoms with Crippen molar-refractivity contribution in [1.82, 2.24) is 15.0 Å². The molecule has 0 unspecified atom stereocenters. The van der Waals surface area contributed by atoms with Gasteiger partial charge >= 0.3 is 0 Å². The van der Waals surface area contributed by atoms with E-state index in [2.05, 4.69) is 15.6 Å². The molecule has 4 aliphatic carbocycles. The van der Waals surface area contributed by atoms with Crippen LogP contribution in [-0.4, -0.2) is 20.9 Å². The predicted octanol–water partition coefficient (Wildman–Crippen LogP) is 5.05. The van der Waals surface area contributed by atoms with Gasteiger partial charge in [-0.1, -0.05) is 11.3 Å². The molecule has 6 heteroatoms. The van der Waals surface area contributed by atoms with Gasteiger partial charge in [0, 0.05) is 11.1 Å². The zero-order chi connectivity index (χ0) is 19.4. The van der Waals surface area contributed by atoms with Gasteiger partial charge in [-0.3, -0.25) is 4.79 Å². The smallest absolute Gasteiger partial charge is 0.265 e. The molecule has 4 bridgehead atoms. The van der Waals surface area contributed by atoms with E-state index in [1.165, 1.54) is 55.6 Å². The van der Waals surface area contributed by atoms with Crippen molar-refractivity contribution < 1.29 is 4.79 Å². The first-order valence-corrected chi connectivity index (χ1v) is 11.4. The maximum Gasteiger partial charge on any atom is 0.265 e. The third-order valence-electron chi connectivity index (χ3n) is 7.25. The summed E-state index contributed by atoms with van der Waals surface area (Å²) in [6.45, 7) is 0. The van der Waals surface area contributed by atoms with E-state index < -0.39 is 0 Å². The monoisotopic (exact) mass is 404 g/mol. The Bertz CT molecular complexity index is 1000. The van der Waals surface area contributed by atoms with Crippen molar-refractivity contribution in [2.75, 3.05) is 5.32 Å². The normalized spacial score (nSPS) is 29.9. The average molecular weight is 405 g/mol. The molecule has 0 aliphatic heterocycles. The third-order valence-corrected chi connectivity index (χ3v) is 8.11. The minimum atomic E-state index is -0.0669. The molecule has 148 valence electrons. The molecule has 0 saturated heterocycles. The second kappa shape index (κ2) is 6.52. The maximum atomic E-state index is 12.3. The van der Waals surface area contributed by atoms with E-state index in [-0.39, 0.29) is 11.3 Å². The van der Waals surface area contributed by atoms with Crippen LogP contribution in [0.5, 0.6) is 0 Å². The van der Waals surface area contributed by atoms with E-state index in [1.807, 2.05) is 52.7 Å². The van der Waals surface area contributed by atoms with Crippen molar-refractivity contribution in [3.63, 3.8) is 0 Å². The number of nitrogens with zero attached hydrogens (tertiary/aromatic N) is 3. The highest BCUT2D eigenvalue weighted by atomic mass is 32.1. The highest BCUT2D eigenvalue weighted by Gasteiger charge is 2.53. The lowest BCUT2D eigenvalue weighted by molar-refractivity contribution is -0.00828. The van der Waals surface area contributed by atoms with Crippen molar-refractivity contribution in [2.45, 2.75) is 43.9 Å². The van der Waals surface area contributed by atoms with Gasteiger partial charge in [0.25, 0.3) is 5.91 Å². The average Bonchev–Trinajstić information content (AvgIpc) is 3.40. The Hall–Kier alpha value is -2.47. The number of benzene rings is 1. The minimum Gasteiger partial charge on any atom is -0.321 e. The summed E-state index contributed by atoms with van der Waals surface area (Å²) in [5.74, 6) is 2.60. The summed E-state index contributed by atoms with van der Waals surface area (Å²) < 4.78 is 2.04. The van der Waals surface area contributed by atoms with Crippen LogP contribution >= 0.6 is 11.3 Å². The Balaban J connectivity index is 1.27. The van der Waals surface area contributed by atoms with Gasteiger partial charge in [-0.05, 0) is 92.0 Å².